The molecule has 0 saturated carbocycles. The van der Waals surface area contributed by atoms with Crippen LogP contribution in [0.2, 0.25) is 0 Å². The summed E-state index contributed by atoms with van der Waals surface area (Å²) in [6.07, 6.45) is 2.47. The molecule has 6 nitrogen and oxygen atoms in total. The molecule has 2 amide bonds. The Kier molecular flexibility index (Phi) is 3.21. The third-order valence-corrected chi connectivity index (χ3v) is 2.27. The van der Waals surface area contributed by atoms with Gasteiger partial charge in [-0.2, -0.15) is 0 Å². The van der Waals surface area contributed by atoms with Crippen molar-refractivity contribution >= 4 is 11.8 Å². The molecule has 1 aliphatic heterocycles. The first-order valence-corrected chi connectivity index (χ1v) is 5.02. The average molecular weight is 224 g/mol. The summed E-state index contributed by atoms with van der Waals surface area (Å²) in [6, 6.07) is 3.10. The van der Waals surface area contributed by atoms with Crippen LogP contribution in [0.15, 0.2) is 22.8 Å². The molecule has 0 aliphatic carbocycles. The largest absolute Gasteiger partial charge is 0.459 e. The Hall–Kier alpha value is -1.82. The van der Waals surface area contributed by atoms with Crippen LogP contribution in [-0.4, -0.2) is 24.5 Å². The first-order chi connectivity index (χ1) is 7.77. The standard InChI is InChI=1S/C10H12N2O4/c13-9(7-3-1-5-15-7)11-12-10(14)8-4-2-6-16-8/h1,3,5,8H,2,4,6H2,(H,11,13)(H,12,14). The Balaban J connectivity index is 1.79. The van der Waals surface area contributed by atoms with Crippen molar-refractivity contribution in [3.05, 3.63) is 24.2 Å². The molecule has 1 aromatic rings. The van der Waals surface area contributed by atoms with Crippen molar-refractivity contribution in [3.8, 4) is 0 Å². The van der Waals surface area contributed by atoms with Crippen molar-refractivity contribution in [2.24, 2.45) is 0 Å². The maximum atomic E-state index is 11.4. The Bertz CT molecular complexity index is 368. The van der Waals surface area contributed by atoms with Gasteiger partial charge in [0.05, 0.1) is 6.26 Å². The van der Waals surface area contributed by atoms with Gasteiger partial charge in [-0.15, -0.1) is 0 Å². The molecule has 16 heavy (non-hydrogen) atoms. The van der Waals surface area contributed by atoms with E-state index in [-0.39, 0.29) is 11.7 Å². The fourth-order valence-electron chi connectivity index (χ4n) is 1.45. The molecule has 1 aliphatic rings. The van der Waals surface area contributed by atoms with Gasteiger partial charge in [-0.25, -0.2) is 0 Å². The third kappa shape index (κ3) is 2.40. The maximum Gasteiger partial charge on any atom is 0.305 e. The summed E-state index contributed by atoms with van der Waals surface area (Å²) in [4.78, 5) is 22.8. The number of furan rings is 1. The second-order valence-corrected chi connectivity index (χ2v) is 3.42. The number of amides is 2. The minimum absolute atomic E-state index is 0.146. The highest BCUT2D eigenvalue weighted by atomic mass is 16.5. The van der Waals surface area contributed by atoms with Gasteiger partial charge >= 0.3 is 5.91 Å². The van der Waals surface area contributed by atoms with E-state index in [1.54, 1.807) is 6.07 Å². The van der Waals surface area contributed by atoms with Crippen LogP contribution in [0.25, 0.3) is 0 Å². The number of carbonyl (C=O) groups is 2. The zero-order valence-electron chi connectivity index (χ0n) is 8.56. The highest BCUT2D eigenvalue weighted by Gasteiger charge is 2.23. The van der Waals surface area contributed by atoms with Crippen LogP contribution < -0.4 is 10.9 Å². The molecule has 0 bridgehead atoms. The summed E-state index contributed by atoms with van der Waals surface area (Å²) >= 11 is 0. The van der Waals surface area contributed by atoms with Crippen LogP contribution in [0.5, 0.6) is 0 Å². The van der Waals surface area contributed by atoms with Crippen LogP contribution in [0.1, 0.15) is 23.4 Å². The second-order valence-electron chi connectivity index (χ2n) is 3.42. The Morgan fingerprint density at radius 2 is 2.25 bits per heavy atom. The normalized spacial score (nSPS) is 19.4. The van der Waals surface area contributed by atoms with Gasteiger partial charge in [0.25, 0.3) is 5.91 Å². The van der Waals surface area contributed by atoms with Crippen LogP contribution >= 0.6 is 0 Å². The molecule has 1 unspecified atom stereocenters. The van der Waals surface area contributed by atoms with Crippen LogP contribution in [0.4, 0.5) is 0 Å². The predicted molar refractivity (Wildman–Crippen MR) is 53.3 cm³/mol. The Morgan fingerprint density at radius 1 is 1.38 bits per heavy atom. The van der Waals surface area contributed by atoms with E-state index in [0.29, 0.717) is 13.0 Å². The minimum Gasteiger partial charge on any atom is -0.459 e. The van der Waals surface area contributed by atoms with E-state index < -0.39 is 12.0 Å². The summed E-state index contributed by atoms with van der Waals surface area (Å²) in [5.41, 5.74) is 4.54. The van der Waals surface area contributed by atoms with Crippen molar-refractivity contribution in [1.29, 1.82) is 0 Å². The van der Waals surface area contributed by atoms with Gasteiger partial charge in [0.1, 0.15) is 6.10 Å². The monoisotopic (exact) mass is 224 g/mol. The van der Waals surface area contributed by atoms with Gasteiger partial charge in [-0.1, -0.05) is 0 Å². The summed E-state index contributed by atoms with van der Waals surface area (Å²) in [5.74, 6) is -0.679. The fraction of sp³-hybridized carbons (Fsp3) is 0.400. The smallest absolute Gasteiger partial charge is 0.305 e. The Labute approximate surface area is 91.9 Å². The number of hydrogen-bond acceptors (Lipinski definition) is 4. The number of hydrazine groups is 1. The van der Waals surface area contributed by atoms with E-state index >= 15 is 0 Å². The summed E-state index contributed by atoms with van der Waals surface area (Å²) in [6.45, 7) is 0.588. The molecule has 2 rings (SSSR count). The van der Waals surface area contributed by atoms with E-state index in [9.17, 15) is 9.59 Å². The quantitative estimate of drug-likeness (QED) is 0.704. The van der Waals surface area contributed by atoms with Crippen molar-refractivity contribution < 1.29 is 18.7 Å². The SMILES string of the molecule is O=C(NNC(=O)C1CCCO1)c1ccco1. The molecule has 0 radical (unpaired) electrons. The van der Waals surface area contributed by atoms with Crippen molar-refractivity contribution in [1.82, 2.24) is 10.9 Å². The average Bonchev–Trinajstić information content (AvgIpc) is 2.95. The topological polar surface area (TPSA) is 80.6 Å². The molecule has 0 spiro atoms. The molecular weight excluding hydrogens is 212 g/mol. The van der Waals surface area contributed by atoms with E-state index in [4.69, 9.17) is 9.15 Å². The van der Waals surface area contributed by atoms with Crippen LogP contribution in [0, 0.1) is 0 Å². The molecule has 2 heterocycles. The van der Waals surface area contributed by atoms with E-state index in [1.807, 2.05) is 0 Å². The van der Waals surface area contributed by atoms with Gasteiger partial charge in [0, 0.05) is 6.61 Å². The molecule has 0 aromatic carbocycles. The summed E-state index contributed by atoms with van der Waals surface area (Å²) < 4.78 is 10.0. The van der Waals surface area contributed by atoms with Gasteiger partial charge in [0.2, 0.25) is 0 Å². The zero-order valence-corrected chi connectivity index (χ0v) is 8.56. The number of hydrogen-bond donors (Lipinski definition) is 2. The minimum atomic E-state index is -0.489. The predicted octanol–water partition coefficient (Wildman–Crippen LogP) is 0.220. The molecule has 1 atom stereocenters. The van der Waals surface area contributed by atoms with Gasteiger partial charge < -0.3 is 9.15 Å². The summed E-state index contributed by atoms with van der Waals surface area (Å²) in [7, 11) is 0. The molecular formula is C10H12N2O4. The maximum absolute atomic E-state index is 11.4. The highest BCUT2D eigenvalue weighted by molar-refractivity contribution is 5.93. The van der Waals surface area contributed by atoms with E-state index in [1.165, 1.54) is 12.3 Å². The summed E-state index contributed by atoms with van der Waals surface area (Å²) in [5, 5.41) is 0. The van der Waals surface area contributed by atoms with Gasteiger partial charge in [-0.3, -0.25) is 20.4 Å². The zero-order chi connectivity index (χ0) is 11.4. The fourth-order valence-corrected chi connectivity index (χ4v) is 1.45. The molecule has 1 saturated heterocycles. The van der Waals surface area contributed by atoms with Gasteiger partial charge in [-0.05, 0) is 25.0 Å². The van der Waals surface area contributed by atoms with E-state index in [2.05, 4.69) is 10.9 Å². The number of carbonyl (C=O) groups excluding carboxylic acids is 2. The van der Waals surface area contributed by atoms with Crippen molar-refractivity contribution in [3.63, 3.8) is 0 Å². The lowest BCUT2D eigenvalue weighted by atomic mass is 10.2. The van der Waals surface area contributed by atoms with Crippen LogP contribution in [0.3, 0.4) is 0 Å². The van der Waals surface area contributed by atoms with E-state index in [0.717, 1.165) is 6.42 Å². The molecule has 1 fully saturated rings. The first-order valence-electron chi connectivity index (χ1n) is 5.02. The van der Waals surface area contributed by atoms with Crippen molar-refractivity contribution in [2.45, 2.75) is 18.9 Å². The molecule has 6 heteroatoms. The lowest BCUT2D eigenvalue weighted by Gasteiger charge is -2.10. The number of nitrogens with one attached hydrogen (secondary N) is 2. The highest BCUT2D eigenvalue weighted by Crippen LogP contribution is 2.11. The van der Waals surface area contributed by atoms with Gasteiger partial charge in [0.15, 0.2) is 5.76 Å². The number of rotatable bonds is 2. The first kappa shape index (κ1) is 10.7. The third-order valence-electron chi connectivity index (χ3n) is 2.27. The van der Waals surface area contributed by atoms with Crippen molar-refractivity contribution in [2.75, 3.05) is 6.61 Å². The Morgan fingerprint density at radius 3 is 2.88 bits per heavy atom. The second kappa shape index (κ2) is 4.80. The lowest BCUT2D eigenvalue weighted by Crippen LogP contribution is -2.46. The molecule has 2 N–H and O–H groups in total. The van der Waals surface area contributed by atoms with Crippen LogP contribution in [-0.2, 0) is 9.53 Å². The molecule has 86 valence electrons. The number of ether oxygens (including phenoxy) is 1. The lowest BCUT2D eigenvalue weighted by molar-refractivity contribution is -0.130. The molecule has 1 aromatic heterocycles.